The Balaban J connectivity index is 1.85. The van der Waals surface area contributed by atoms with Gasteiger partial charge in [-0.2, -0.15) is 0 Å². The van der Waals surface area contributed by atoms with E-state index in [1.54, 1.807) is 0 Å². The van der Waals surface area contributed by atoms with E-state index in [2.05, 4.69) is 147 Å². The molecule has 0 aliphatic heterocycles. The number of hydrogen-bond acceptors (Lipinski definition) is 2. The highest BCUT2D eigenvalue weighted by molar-refractivity contribution is 5.54. The molecule has 0 spiro atoms. The fourth-order valence-corrected chi connectivity index (χ4v) is 5.44. The minimum Gasteiger partial charge on any atom is -0.372 e. The van der Waals surface area contributed by atoms with Gasteiger partial charge in [0.15, 0.2) is 0 Å². The average molecular weight is 477 g/mol. The first kappa shape index (κ1) is 25.6. The molecule has 0 bridgehead atoms. The van der Waals surface area contributed by atoms with Crippen molar-refractivity contribution in [3.05, 3.63) is 131 Å². The second-order valence-electron chi connectivity index (χ2n) is 9.30. The highest BCUT2D eigenvalue weighted by atomic mass is 15.1. The van der Waals surface area contributed by atoms with Crippen molar-refractivity contribution < 1.29 is 0 Å². The molecule has 4 aromatic carbocycles. The first-order valence-electron chi connectivity index (χ1n) is 13.5. The van der Waals surface area contributed by atoms with Crippen LogP contribution in [-0.4, -0.2) is 26.2 Å². The summed E-state index contributed by atoms with van der Waals surface area (Å²) in [5.41, 5.74) is 7.95. The Hall–Kier alpha value is -3.52. The number of hydrogen-bond donors (Lipinski definition) is 0. The van der Waals surface area contributed by atoms with E-state index in [0.717, 1.165) is 26.2 Å². The largest absolute Gasteiger partial charge is 0.372 e. The van der Waals surface area contributed by atoms with E-state index in [0.29, 0.717) is 0 Å². The van der Waals surface area contributed by atoms with E-state index >= 15 is 0 Å². The molecule has 4 aromatic rings. The Bertz CT molecular complexity index is 1060. The van der Waals surface area contributed by atoms with Gasteiger partial charge in [0, 0.05) is 49.4 Å². The Morgan fingerprint density at radius 1 is 0.389 bits per heavy atom. The second-order valence-corrected chi connectivity index (χ2v) is 9.30. The lowest BCUT2D eigenvalue weighted by molar-refractivity contribution is 0.693. The third-order valence-electron chi connectivity index (χ3n) is 7.41. The van der Waals surface area contributed by atoms with Gasteiger partial charge in [0.2, 0.25) is 0 Å². The molecule has 2 heteroatoms. The van der Waals surface area contributed by atoms with Crippen molar-refractivity contribution >= 4 is 11.4 Å². The SMILES string of the molecule is CCN(CC)c1ccc(C(c2ccc(N(CC)CC)cc2)C(c2ccccc2)c2ccccc2)cc1. The van der Waals surface area contributed by atoms with Crippen molar-refractivity contribution in [2.75, 3.05) is 36.0 Å². The summed E-state index contributed by atoms with van der Waals surface area (Å²) in [4.78, 5) is 4.81. The molecule has 0 aliphatic rings. The number of anilines is 2. The lowest BCUT2D eigenvalue weighted by Crippen LogP contribution is -2.22. The summed E-state index contributed by atoms with van der Waals surface area (Å²) in [6, 6.07) is 40.5. The number of benzene rings is 4. The zero-order valence-electron chi connectivity index (χ0n) is 22.3. The molecule has 0 fully saturated rings. The molecule has 2 nitrogen and oxygen atoms in total. The third kappa shape index (κ3) is 5.65. The Labute approximate surface area is 218 Å². The highest BCUT2D eigenvalue weighted by Gasteiger charge is 2.28. The van der Waals surface area contributed by atoms with Crippen molar-refractivity contribution in [2.45, 2.75) is 39.5 Å². The van der Waals surface area contributed by atoms with Crippen molar-refractivity contribution in [1.29, 1.82) is 0 Å². The summed E-state index contributed by atoms with van der Waals surface area (Å²) < 4.78 is 0. The van der Waals surface area contributed by atoms with Crippen molar-refractivity contribution in [1.82, 2.24) is 0 Å². The van der Waals surface area contributed by atoms with Gasteiger partial charge >= 0.3 is 0 Å². The molecule has 0 N–H and O–H groups in total. The van der Waals surface area contributed by atoms with Crippen LogP contribution >= 0.6 is 0 Å². The molecule has 0 aliphatic carbocycles. The van der Waals surface area contributed by atoms with Crippen LogP contribution < -0.4 is 9.80 Å². The van der Waals surface area contributed by atoms with E-state index in [1.807, 2.05) is 0 Å². The second kappa shape index (κ2) is 12.4. The topological polar surface area (TPSA) is 6.48 Å². The number of rotatable bonds is 11. The van der Waals surface area contributed by atoms with E-state index in [1.165, 1.54) is 33.6 Å². The van der Waals surface area contributed by atoms with Crippen LogP contribution in [-0.2, 0) is 0 Å². The molecule has 4 rings (SSSR count). The van der Waals surface area contributed by atoms with Crippen LogP contribution in [0.5, 0.6) is 0 Å². The van der Waals surface area contributed by atoms with Gasteiger partial charge in [-0.1, -0.05) is 84.9 Å². The Kier molecular flexibility index (Phi) is 8.84. The molecule has 0 amide bonds. The maximum Gasteiger partial charge on any atom is 0.0366 e. The molecule has 0 unspecified atom stereocenters. The molecule has 0 heterocycles. The molecule has 0 radical (unpaired) electrons. The Morgan fingerprint density at radius 3 is 0.944 bits per heavy atom. The standard InChI is InChI=1S/C34H40N2/c1-5-35(6-2)31-23-19-29(20-24-31)34(30-21-25-32(26-22-30)36(7-3)8-4)33(27-15-11-9-12-16-27)28-17-13-10-14-18-28/h9-26,33-34H,5-8H2,1-4H3. The zero-order valence-corrected chi connectivity index (χ0v) is 22.3. The molecule has 186 valence electrons. The van der Waals surface area contributed by atoms with Crippen LogP contribution in [0, 0.1) is 0 Å². The van der Waals surface area contributed by atoms with E-state index in [-0.39, 0.29) is 11.8 Å². The van der Waals surface area contributed by atoms with Gasteiger partial charge in [0.25, 0.3) is 0 Å². The molecule has 0 saturated heterocycles. The van der Waals surface area contributed by atoms with Gasteiger partial charge in [0.1, 0.15) is 0 Å². The van der Waals surface area contributed by atoms with Crippen LogP contribution in [0.4, 0.5) is 11.4 Å². The summed E-state index contributed by atoms with van der Waals surface area (Å²) in [6.07, 6.45) is 0. The summed E-state index contributed by atoms with van der Waals surface area (Å²) >= 11 is 0. The van der Waals surface area contributed by atoms with E-state index < -0.39 is 0 Å². The van der Waals surface area contributed by atoms with Gasteiger partial charge in [-0.25, -0.2) is 0 Å². The predicted molar refractivity (Wildman–Crippen MR) is 157 cm³/mol. The molecule has 0 saturated carbocycles. The summed E-state index contributed by atoms with van der Waals surface area (Å²) in [5.74, 6) is 0.414. The fraction of sp³-hybridized carbons (Fsp3) is 0.294. The predicted octanol–water partition coefficient (Wildman–Crippen LogP) is 8.34. The monoisotopic (exact) mass is 476 g/mol. The van der Waals surface area contributed by atoms with Gasteiger partial charge in [-0.05, 0) is 74.2 Å². The van der Waals surface area contributed by atoms with Crippen LogP contribution in [0.1, 0.15) is 61.8 Å². The smallest absolute Gasteiger partial charge is 0.0366 e. The van der Waals surface area contributed by atoms with Crippen molar-refractivity contribution in [3.63, 3.8) is 0 Å². The summed E-state index contributed by atoms with van der Waals surface area (Å²) in [7, 11) is 0. The van der Waals surface area contributed by atoms with Crippen molar-refractivity contribution in [3.8, 4) is 0 Å². The van der Waals surface area contributed by atoms with Crippen LogP contribution in [0.25, 0.3) is 0 Å². The summed E-state index contributed by atoms with van der Waals surface area (Å²) in [5, 5.41) is 0. The maximum absolute atomic E-state index is 2.41. The average Bonchev–Trinajstić information content (AvgIpc) is 2.95. The first-order valence-corrected chi connectivity index (χ1v) is 13.5. The normalized spacial score (nSPS) is 11.2. The highest BCUT2D eigenvalue weighted by Crippen LogP contribution is 2.43. The van der Waals surface area contributed by atoms with E-state index in [9.17, 15) is 0 Å². The lowest BCUT2D eigenvalue weighted by Gasteiger charge is -2.31. The minimum absolute atomic E-state index is 0.200. The van der Waals surface area contributed by atoms with Crippen molar-refractivity contribution in [2.24, 2.45) is 0 Å². The van der Waals surface area contributed by atoms with Gasteiger partial charge in [-0.15, -0.1) is 0 Å². The van der Waals surface area contributed by atoms with Crippen LogP contribution in [0.15, 0.2) is 109 Å². The molecule has 0 atom stereocenters. The molecule has 36 heavy (non-hydrogen) atoms. The Morgan fingerprint density at radius 2 is 0.667 bits per heavy atom. The quantitative estimate of drug-likeness (QED) is 0.215. The zero-order chi connectivity index (χ0) is 25.3. The number of nitrogens with zero attached hydrogens (tertiary/aromatic N) is 2. The minimum atomic E-state index is 0.200. The first-order chi connectivity index (χ1) is 17.7. The maximum atomic E-state index is 2.41. The van der Waals surface area contributed by atoms with Crippen LogP contribution in [0.3, 0.4) is 0 Å². The van der Waals surface area contributed by atoms with Crippen LogP contribution in [0.2, 0.25) is 0 Å². The molecule has 0 aromatic heterocycles. The van der Waals surface area contributed by atoms with Gasteiger partial charge < -0.3 is 9.80 Å². The molecular weight excluding hydrogens is 436 g/mol. The lowest BCUT2D eigenvalue weighted by atomic mass is 9.73. The molecular formula is C34H40N2. The van der Waals surface area contributed by atoms with E-state index in [4.69, 9.17) is 0 Å². The fourth-order valence-electron chi connectivity index (χ4n) is 5.44. The van der Waals surface area contributed by atoms with Gasteiger partial charge in [-0.3, -0.25) is 0 Å². The van der Waals surface area contributed by atoms with Gasteiger partial charge in [0.05, 0.1) is 0 Å². The third-order valence-corrected chi connectivity index (χ3v) is 7.41. The summed E-state index contributed by atoms with van der Waals surface area (Å²) in [6.45, 7) is 12.9.